The van der Waals surface area contributed by atoms with Crippen molar-refractivity contribution in [2.75, 3.05) is 0 Å². The lowest BCUT2D eigenvalue weighted by Gasteiger charge is -2.43. The average Bonchev–Trinajstić information content (AvgIpc) is 3.68. The standard InChI is InChI=1S/2C21H23NO3/c2*23-18-8-9-21(13-15-5-2-1-3-6-15)17(12-18)7-4-10-22-14-16(20(24)25)11-19(21)22/h2*1-3,5-6,11,14,17H,4,7-10,12-13H2,(H,24,25)/t2*17-,21-/m10/s1. The summed E-state index contributed by atoms with van der Waals surface area (Å²) in [6.45, 7) is 1.67. The fraction of sp³-hybridized carbons (Fsp3) is 0.429. The van der Waals surface area contributed by atoms with Crippen molar-refractivity contribution in [3.05, 3.63) is 119 Å². The molecule has 2 aliphatic carbocycles. The van der Waals surface area contributed by atoms with Crippen LogP contribution in [0.5, 0.6) is 0 Å². The van der Waals surface area contributed by atoms with E-state index in [2.05, 4.69) is 33.4 Å². The van der Waals surface area contributed by atoms with Gasteiger partial charge in [-0.05, 0) is 86.5 Å². The van der Waals surface area contributed by atoms with Gasteiger partial charge in [0.2, 0.25) is 0 Å². The highest BCUT2D eigenvalue weighted by Crippen LogP contribution is 2.50. The Morgan fingerprint density at radius 1 is 0.640 bits per heavy atom. The Morgan fingerprint density at radius 2 is 1.04 bits per heavy atom. The molecule has 4 atom stereocenters. The smallest absolute Gasteiger partial charge is 0.337 e. The summed E-state index contributed by atoms with van der Waals surface area (Å²) in [5, 5.41) is 18.9. The minimum absolute atomic E-state index is 0.139. The van der Waals surface area contributed by atoms with E-state index in [0.29, 0.717) is 60.2 Å². The topological polar surface area (TPSA) is 119 Å². The number of aromatic carboxylic acids is 2. The monoisotopic (exact) mass is 674 g/mol. The van der Waals surface area contributed by atoms with Crippen molar-refractivity contribution in [2.24, 2.45) is 11.8 Å². The Balaban J connectivity index is 0.000000157. The second-order valence-electron chi connectivity index (χ2n) is 15.0. The van der Waals surface area contributed by atoms with Gasteiger partial charge in [0.15, 0.2) is 0 Å². The molecule has 4 aliphatic rings. The summed E-state index contributed by atoms with van der Waals surface area (Å²) in [5.41, 5.74) is 5.19. The number of benzene rings is 2. The first kappa shape index (κ1) is 33.8. The van der Waals surface area contributed by atoms with Gasteiger partial charge < -0.3 is 19.3 Å². The third kappa shape index (κ3) is 6.48. The Labute approximate surface area is 293 Å². The van der Waals surface area contributed by atoms with E-state index >= 15 is 0 Å². The molecule has 8 nitrogen and oxygen atoms in total. The molecule has 0 radical (unpaired) electrons. The molecular formula is C42H46N2O6. The molecule has 0 unspecified atom stereocenters. The Morgan fingerprint density at radius 3 is 1.42 bits per heavy atom. The highest BCUT2D eigenvalue weighted by Gasteiger charge is 2.48. The molecule has 0 bridgehead atoms. The van der Waals surface area contributed by atoms with Gasteiger partial charge in [0.05, 0.1) is 11.1 Å². The van der Waals surface area contributed by atoms with Crippen LogP contribution in [0.2, 0.25) is 0 Å². The second-order valence-corrected chi connectivity index (χ2v) is 15.0. The van der Waals surface area contributed by atoms with Crippen molar-refractivity contribution in [3.8, 4) is 0 Å². The lowest BCUT2D eigenvalue weighted by molar-refractivity contribution is -0.124. The minimum atomic E-state index is -0.876. The van der Waals surface area contributed by atoms with Gasteiger partial charge in [0.1, 0.15) is 11.6 Å². The fourth-order valence-electron chi connectivity index (χ4n) is 9.76. The number of carbonyl (C=O) groups is 4. The Hall–Kier alpha value is -4.72. The quantitative estimate of drug-likeness (QED) is 0.217. The molecule has 0 spiro atoms. The number of nitrogens with zero attached hydrogens (tertiary/aromatic N) is 2. The van der Waals surface area contributed by atoms with E-state index < -0.39 is 11.9 Å². The van der Waals surface area contributed by atoms with Crippen molar-refractivity contribution in [1.29, 1.82) is 0 Å². The molecule has 2 aromatic carbocycles. The van der Waals surface area contributed by atoms with Crippen LogP contribution in [0.1, 0.15) is 107 Å². The van der Waals surface area contributed by atoms with Gasteiger partial charge >= 0.3 is 11.9 Å². The van der Waals surface area contributed by atoms with E-state index in [1.165, 1.54) is 11.1 Å². The summed E-state index contributed by atoms with van der Waals surface area (Å²) in [7, 11) is 0. The molecule has 4 heterocycles. The molecule has 0 amide bonds. The van der Waals surface area contributed by atoms with E-state index in [1.54, 1.807) is 12.4 Å². The first-order valence-corrected chi connectivity index (χ1v) is 18.2. The van der Waals surface area contributed by atoms with Crippen molar-refractivity contribution in [1.82, 2.24) is 9.13 Å². The molecular weight excluding hydrogens is 628 g/mol. The van der Waals surface area contributed by atoms with Crippen LogP contribution in [-0.2, 0) is 46.4 Å². The Bertz CT molecular complexity index is 1750. The number of carboxylic acid groups (broad SMARTS) is 2. The number of aromatic nitrogens is 2. The largest absolute Gasteiger partial charge is 0.478 e. The summed E-state index contributed by atoms with van der Waals surface area (Å²) in [4.78, 5) is 47.3. The summed E-state index contributed by atoms with van der Waals surface area (Å²) in [5.74, 6) is -0.449. The molecule has 8 rings (SSSR count). The van der Waals surface area contributed by atoms with Crippen LogP contribution in [-0.4, -0.2) is 42.9 Å². The van der Waals surface area contributed by atoms with E-state index in [1.807, 2.05) is 48.5 Å². The summed E-state index contributed by atoms with van der Waals surface area (Å²) < 4.78 is 4.28. The molecule has 0 saturated heterocycles. The molecule has 50 heavy (non-hydrogen) atoms. The molecule has 2 saturated carbocycles. The highest BCUT2D eigenvalue weighted by atomic mass is 16.4. The lowest BCUT2D eigenvalue weighted by Crippen LogP contribution is -2.43. The van der Waals surface area contributed by atoms with Crippen LogP contribution in [0.4, 0.5) is 0 Å². The highest BCUT2D eigenvalue weighted by molar-refractivity contribution is 5.88. The zero-order chi connectivity index (χ0) is 34.9. The summed E-state index contributed by atoms with van der Waals surface area (Å²) in [6.07, 6.45) is 13.4. The van der Waals surface area contributed by atoms with Gasteiger partial charge in [-0.15, -0.1) is 0 Å². The number of carboxylic acids is 2. The zero-order valence-electron chi connectivity index (χ0n) is 28.6. The normalized spacial score (nSPS) is 25.8. The summed E-state index contributed by atoms with van der Waals surface area (Å²) in [6, 6.07) is 24.5. The predicted molar refractivity (Wildman–Crippen MR) is 190 cm³/mol. The number of aryl methyl sites for hydroxylation is 2. The van der Waals surface area contributed by atoms with Gasteiger partial charge in [-0.25, -0.2) is 9.59 Å². The number of ketones is 2. The SMILES string of the molecule is O=C1CC[C@@]2(Cc3ccccc3)c3cc(C(=O)O)cn3CCC[C@H]2C1.O=C1CC[C@]2(Cc3ccccc3)c3cc(C(=O)O)cn3CCC[C@@H]2C1. The van der Waals surface area contributed by atoms with E-state index in [4.69, 9.17) is 0 Å². The molecule has 2 aliphatic heterocycles. The Kier molecular flexibility index (Phi) is 9.38. The van der Waals surface area contributed by atoms with E-state index in [9.17, 15) is 29.4 Å². The maximum Gasteiger partial charge on any atom is 0.337 e. The van der Waals surface area contributed by atoms with Crippen molar-refractivity contribution < 1.29 is 29.4 Å². The number of carbonyl (C=O) groups excluding carboxylic acids is 2. The fourth-order valence-corrected chi connectivity index (χ4v) is 9.76. The van der Waals surface area contributed by atoms with Crippen molar-refractivity contribution in [3.63, 3.8) is 0 Å². The van der Waals surface area contributed by atoms with E-state index in [-0.39, 0.29) is 10.8 Å². The number of hydrogen-bond acceptors (Lipinski definition) is 4. The third-order valence-corrected chi connectivity index (χ3v) is 12.1. The zero-order valence-corrected chi connectivity index (χ0v) is 28.6. The predicted octanol–water partition coefficient (Wildman–Crippen LogP) is 7.66. The van der Waals surface area contributed by atoms with Crippen LogP contribution in [0.15, 0.2) is 85.2 Å². The first-order valence-electron chi connectivity index (χ1n) is 18.2. The molecule has 8 heteroatoms. The van der Waals surface area contributed by atoms with Gasteiger partial charge in [-0.3, -0.25) is 9.59 Å². The van der Waals surface area contributed by atoms with Gasteiger partial charge in [0, 0.05) is 73.4 Å². The lowest BCUT2D eigenvalue weighted by atomic mass is 9.60. The molecule has 2 N–H and O–H groups in total. The van der Waals surface area contributed by atoms with Crippen molar-refractivity contribution >= 4 is 23.5 Å². The average molecular weight is 675 g/mol. The second kappa shape index (κ2) is 13.9. The van der Waals surface area contributed by atoms with E-state index in [0.717, 1.165) is 75.8 Å². The first-order chi connectivity index (χ1) is 24.2. The summed E-state index contributed by atoms with van der Waals surface area (Å²) >= 11 is 0. The van der Waals surface area contributed by atoms with Gasteiger partial charge in [-0.1, -0.05) is 60.7 Å². The number of fused-ring (bicyclic) bond motifs is 6. The molecule has 2 aromatic heterocycles. The molecule has 2 fully saturated rings. The van der Waals surface area contributed by atoms with Crippen molar-refractivity contribution in [2.45, 2.75) is 101 Å². The number of rotatable bonds is 6. The van der Waals surface area contributed by atoms with Crippen LogP contribution in [0, 0.1) is 11.8 Å². The molecule has 4 aromatic rings. The molecule has 260 valence electrons. The number of hydrogen-bond donors (Lipinski definition) is 2. The van der Waals surface area contributed by atoms with Crippen LogP contribution in [0.25, 0.3) is 0 Å². The maximum absolute atomic E-state index is 12.1. The van der Waals surface area contributed by atoms with Crippen LogP contribution in [0.3, 0.4) is 0 Å². The third-order valence-electron chi connectivity index (χ3n) is 12.1. The minimum Gasteiger partial charge on any atom is -0.478 e. The van der Waals surface area contributed by atoms with Gasteiger partial charge in [-0.2, -0.15) is 0 Å². The maximum atomic E-state index is 12.1. The van der Waals surface area contributed by atoms with Gasteiger partial charge in [0.25, 0.3) is 0 Å². The van der Waals surface area contributed by atoms with Crippen LogP contribution < -0.4 is 0 Å². The van der Waals surface area contributed by atoms with Crippen LogP contribution >= 0.6 is 0 Å². The number of Topliss-reactive ketones (excluding diaryl/α,β-unsaturated/α-hetero) is 2.